The number of carbonyl (C=O) groups is 1. The van der Waals surface area contributed by atoms with Crippen molar-refractivity contribution >= 4 is 17.4 Å². The average Bonchev–Trinajstić information content (AvgIpc) is 2.46. The van der Waals surface area contributed by atoms with Gasteiger partial charge < -0.3 is 10.6 Å². The van der Waals surface area contributed by atoms with Crippen molar-refractivity contribution in [3.8, 4) is 0 Å². The lowest BCUT2D eigenvalue weighted by Gasteiger charge is -2.12. The lowest BCUT2D eigenvalue weighted by Crippen LogP contribution is -2.22. The Morgan fingerprint density at radius 3 is 2.50 bits per heavy atom. The third kappa shape index (κ3) is 5.59. The third-order valence-corrected chi connectivity index (χ3v) is 3.48. The quantitative estimate of drug-likeness (QED) is 0.669. The van der Waals surface area contributed by atoms with Crippen molar-refractivity contribution in [1.29, 1.82) is 0 Å². The molecule has 0 radical (unpaired) electrons. The fourth-order valence-corrected chi connectivity index (χ4v) is 2.07. The van der Waals surface area contributed by atoms with Gasteiger partial charge in [-0.15, -0.1) is 0 Å². The van der Waals surface area contributed by atoms with Gasteiger partial charge in [0.15, 0.2) is 0 Å². The normalized spacial score (nSPS) is 10.6. The fourth-order valence-electron chi connectivity index (χ4n) is 2.07. The molecule has 0 aliphatic heterocycles. The second-order valence-electron chi connectivity index (χ2n) is 5.07. The van der Waals surface area contributed by atoms with Gasteiger partial charge in [0.25, 0.3) is 0 Å². The van der Waals surface area contributed by atoms with Gasteiger partial charge in [0.1, 0.15) is 5.82 Å². The summed E-state index contributed by atoms with van der Waals surface area (Å²) < 4.78 is 0. The fraction of sp³-hybridized carbons (Fsp3) is 0.625. The minimum atomic E-state index is 0.0613. The number of hydrogen-bond acceptors (Lipinski definition) is 3. The van der Waals surface area contributed by atoms with Crippen LogP contribution in [0, 0.1) is 5.92 Å². The molecule has 4 nitrogen and oxygen atoms in total. The lowest BCUT2D eigenvalue weighted by molar-refractivity contribution is -0.120. The Hall–Kier alpha value is -1.58. The second kappa shape index (κ2) is 9.34. The molecule has 4 heteroatoms. The summed E-state index contributed by atoms with van der Waals surface area (Å²) in [6, 6.07) is 3.81. The maximum atomic E-state index is 11.9. The maximum absolute atomic E-state index is 11.9. The van der Waals surface area contributed by atoms with E-state index in [9.17, 15) is 4.79 Å². The van der Waals surface area contributed by atoms with Gasteiger partial charge in [-0.3, -0.25) is 4.79 Å². The molecule has 1 aromatic heterocycles. The summed E-state index contributed by atoms with van der Waals surface area (Å²) in [5.41, 5.74) is 1.00. The smallest absolute Gasteiger partial charge is 0.228 e. The molecule has 0 aliphatic rings. The molecule has 1 amide bonds. The molecule has 0 spiro atoms. The van der Waals surface area contributed by atoms with Gasteiger partial charge in [-0.25, -0.2) is 4.98 Å². The van der Waals surface area contributed by atoms with Crippen molar-refractivity contribution < 1.29 is 4.79 Å². The first-order valence-electron chi connectivity index (χ1n) is 7.72. The molecule has 0 aliphatic carbocycles. The molecule has 0 aromatic carbocycles. The van der Waals surface area contributed by atoms with Crippen LogP contribution in [0.15, 0.2) is 18.3 Å². The molecule has 0 bridgehead atoms. The Labute approximate surface area is 122 Å². The van der Waals surface area contributed by atoms with E-state index < -0.39 is 0 Å². The van der Waals surface area contributed by atoms with Gasteiger partial charge >= 0.3 is 0 Å². The van der Waals surface area contributed by atoms with E-state index in [4.69, 9.17) is 0 Å². The van der Waals surface area contributed by atoms with Crippen molar-refractivity contribution in [3.63, 3.8) is 0 Å². The molecule has 0 fully saturated rings. The molecule has 112 valence electrons. The Morgan fingerprint density at radius 2 is 1.95 bits per heavy atom. The Morgan fingerprint density at radius 1 is 1.20 bits per heavy atom. The van der Waals surface area contributed by atoms with Gasteiger partial charge in [-0.05, 0) is 31.4 Å². The number of nitrogens with one attached hydrogen (secondary N) is 2. The van der Waals surface area contributed by atoms with E-state index in [-0.39, 0.29) is 11.8 Å². The summed E-state index contributed by atoms with van der Waals surface area (Å²) in [5.74, 6) is 0.760. The van der Waals surface area contributed by atoms with Crippen LogP contribution in [0.3, 0.4) is 0 Å². The van der Waals surface area contributed by atoms with E-state index in [2.05, 4.69) is 22.5 Å². The van der Waals surface area contributed by atoms with Crippen molar-refractivity contribution in [2.24, 2.45) is 5.92 Å². The molecule has 0 unspecified atom stereocenters. The number of unbranched alkanes of at least 4 members (excludes halogenated alkanes) is 2. The Bertz CT molecular complexity index is 385. The Balaban J connectivity index is 2.44. The van der Waals surface area contributed by atoms with E-state index >= 15 is 0 Å². The van der Waals surface area contributed by atoms with Crippen LogP contribution in [0.25, 0.3) is 0 Å². The molecular formula is C16H27N3O. The highest BCUT2D eigenvalue weighted by Crippen LogP contribution is 2.13. The second-order valence-corrected chi connectivity index (χ2v) is 5.07. The van der Waals surface area contributed by atoms with E-state index in [1.54, 1.807) is 6.20 Å². The number of rotatable bonds is 9. The predicted molar refractivity (Wildman–Crippen MR) is 85.0 cm³/mol. The number of aromatic nitrogens is 1. The van der Waals surface area contributed by atoms with Crippen LogP contribution < -0.4 is 10.6 Å². The van der Waals surface area contributed by atoms with Gasteiger partial charge in [0.05, 0.1) is 11.9 Å². The number of anilines is 2. The summed E-state index contributed by atoms with van der Waals surface area (Å²) in [6.45, 7) is 7.23. The number of nitrogens with zero attached hydrogens (tertiary/aromatic N) is 1. The third-order valence-electron chi connectivity index (χ3n) is 3.48. The van der Waals surface area contributed by atoms with Crippen molar-refractivity contribution in [1.82, 2.24) is 4.98 Å². The van der Waals surface area contributed by atoms with E-state index in [0.29, 0.717) is 5.82 Å². The van der Waals surface area contributed by atoms with Crippen LogP contribution in [0.1, 0.15) is 52.9 Å². The molecule has 1 aromatic rings. The van der Waals surface area contributed by atoms with Crippen LogP contribution in [-0.4, -0.2) is 17.4 Å². The molecule has 0 saturated carbocycles. The predicted octanol–water partition coefficient (Wildman–Crippen LogP) is 4.06. The Kier molecular flexibility index (Phi) is 7.70. The van der Waals surface area contributed by atoms with E-state index in [1.165, 1.54) is 19.3 Å². The van der Waals surface area contributed by atoms with Crippen molar-refractivity contribution in [3.05, 3.63) is 18.3 Å². The van der Waals surface area contributed by atoms with Gasteiger partial charge in [-0.2, -0.15) is 0 Å². The van der Waals surface area contributed by atoms with Crippen LogP contribution >= 0.6 is 0 Å². The largest absolute Gasteiger partial charge is 0.384 e. The van der Waals surface area contributed by atoms with Gasteiger partial charge in [-0.1, -0.05) is 33.6 Å². The summed E-state index contributed by atoms with van der Waals surface area (Å²) in [5, 5.41) is 6.20. The average molecular weight is 277 g/mol. The molecule has 0 atom stereocenters. The first-order valence-corrected chi connectivity index (χ1v) is 7.72. The zero-order valence-corrected chi connectivity index (χ0v) is 12.9. The first kappa shape index (κ1) is 16.5. The van der Waals surface area contributed by atoms with Crippen molar-refractivity contribution in [2.75, 3.05) is 17.2 Å². The monoisotopic (exact) mass is 277 g/mol. The summed E-state index contributed by atoms with van der Waals surface area (Å²) in [6.07, 6.45) is 7.13. The molecular weight excluding hydrogens is 250 g/mol. The highest BCUT2D eigenvalue weighted by atomic mass is 16.1. The molecule has 20 heavy (non-hydrogen) atoms. The van der Waals surface area contributed by atoms with Gasteiger partial charge in [0, 0.05) is 12.5 Å². The highest BCUT2D eigenvalue weighted by molar-refractivity contribution is 5.91. The number of carbonyl (C=O) groups excluding carboxylic acids is 1. The topological polar surface area (TPSA) is 54.0 Å². The zero-order valence-electron chi connectivity index (χ0n) is 12.9. The minimum absolute atomic E-state index is 0.0613. The van der Waals surface area contributed by atoms with Crippen LogP contribution in [0.2, 0.25) is 0 Å². The van der Waals surface area contributed by atoms with E-state index in [0.717, 1.165) is 25.1 Å². The van der Waals surface area contributed by atoms with Crippen LogP contribution in [0.4, 0.5) is 11.5 Å². The van der Waals surface area contributed by atoms with E-state index in [1.807, 2.05) is 26.0 Å². The van der Waals surface area contributed by atoms with Gasteiger partial charge in [0.2, 0.25) is 5.91 Å². The molecule has 0 saturated heterocycles. The standard InChI is InChI=1S/C16H27N3O/c1-4-7-8-11-17-14-9-10-15(18-12-14)19-16(20)13(5-2)6-3/h9-10,12-13,17H,4-8,11H2,1-3H3,(H,18,19,20). The number of hydrogen-bond donors (Lipinski definition) is 2. The van der Waals surface area contributed by atoms with Crippen LogP contribution in [-0.2, 0) is 4.79 Å². The lowest BCUT2D eigenvalue weighted by atomic mass is 10.0. The highest BCUT2D eigenvalue weighted by Gasteiger charge is 2.14. The molecule has 1 heterocycles. The summed E-state index contributed by atoms with van der Waals surface area (Å²) in [7, 11) is 0. The minimum Gasteiger partial charge on any atom is -0.384 e. The SMILES string of the molecule is CCCCCNc1ccc(NC(=O)C(CC)CC)nc1. The summed E-state index contributed by atoms with van der Waals surface area (Å²) >= 11 is 0. The molecule has 2 N–H and O–H groups in total. The number of pyridine rings is 1. The zero-order chi connectivity index (χ0) is 14.8. The molecule has 1 rings (SSSR count). The van der Waals surface area contributed by atoms with Crippen LogP contribution in [0.5, 0.6) is 0 Å². The number of amides is 1. The maximum Gasteiger partial charge on any atom is 0.228 e. The first-order chi connectivity index (χ1) is 9.71. The van der Waals surface area contributed by atoms with Crippen molar-refractivity contribution in [2.45, 2.75) is 52.9 Å². The summed E-state index contributed by atoms with van der Waals surface area (Å²) in [4.78, 5) is 16.2.